The van der Waals surface area contributed by atoms with Gasteiger partial charge in [-0.25, -0.2) is 0 Å². The van der Waals surface area contributed by atoms with Crippen LogP contribution in [0.2, 0.25) is 0 Å². The summed E-state index contributed by atoms with van der Waals surface area (Å²) in [5, 5.41) is 0. The third-order valence-electron chi connectivity index (χ3n) is 3.09. The maximum absolute atomic E-state index is 5.57. The van der Waals surface area contributed by atoms with Gasteiger partial charge in [0.1, 0.15) is 0 Å². The van der Waals surface area contributed by atoms with E-state index in [1.54, 1.807) is 0 Å². The van der Waals surface area contributed by atoms with E-state index in [1.165, 1.54) is 6.42 Å². The summed E-state index contributed by atoms with van der Waals surface area (Å²) in [6.45, 7) is 5.09. The maximum Gasteiger partial charge on any atom is 0.0547 e. The number of hydrogen-bond acceptors (Lipinski definition) is 2. The monoisotopic (exact) mass is 141 g/mol. The van der Waals surface area contributed by atoms with E-state index in [0.717, 1.165) is 25.7 Å². The molecule has 2 aliphatic rings. The van der Waals surface area contributed by atoms with Crippen molar-refractivity contribution in [2.24, 2.45) is 23.0 Å². The van der Waals surface area contributed by atoms with E-state index < -0.39 is 0 Å². The van der Waals surface area contributed by atoms with Crippen LogP contribution < -0.4 is 5.73 Å². The van der Waals surface area contributed by atoms with Crippen molar-refractivity contribution >= 4 is 0 Å². The molecule has 2 atom stereocenters. The Morgan fingerprint density at radius 3 is 2.70 bits per heavy atom. The molecule has 2 unspecified atom stereocenters. The van der Waals surface area contributed by atoms with Gasteiger partial charge in [0, 0.05) is 5.41 Å². The molecule has 2 rings (SSSR count). The topological polar surface area (TPSA) is 35.2 Å². The minimum Gasteiger partial charge on any atom is -0.380 e. The molecule has 1 spiro atoms. The van der Waals surface area contributed by atoms with Crippen LogP contribution in [-0.2, 0) is 4.74 Å². The fraction of sp³-hybridized carbons (Fsp3) is 1.00. The molecule has 1 saturated carbocycles. The van der Waals surface area contributed by atoms with Gasteiger partial charge >= 0.3 is 0 Å². The van der Waals surface area contributed by atoms with E-state index in [0.29, 0.717) is 11.3 Å². The lowest BCUT2D eigenvalue weighted by Crippen LogP contribution is -2.33. The number of rotatable bonds is 2. The molecule has 0 aromatic carbocycles. The zero-order chi connectivity index (χ0) is 7.19. The Bertz CT molecular complexity index is 142. The van der Waals surface area contributed by atoms with E-state index in [2.05, 4.69) is 6.92 Å². The molecular weight excluding hydrogens is 126 g/mol. The van der Waals surface area contributed by atoms with Gasteiger partial charge in [-0.15, -0.1) is 0 Å². The molecular formula is C8H15NO. The Hall–Kier alpha value is -0.0800. The second kappa shape index (κ2) is 1.95. The highest BCUT2D eigenvalue weighted by Gasteiger charge is 2.60. The minimum atomic E-state index is 0.610. The average Bonchev–Trinajstić information content (AvgIpc) is 2.59. The zero-order valence-corrected chi connectivity index (χ0v) is 6.47. The largest absolute Gasteiger partial charge is 0.380 e. The fourth-order valence-corrected chi connectivity index (χ4v) is 2.04. The lowest BCUT2D eigenvalue weighted by molar-refractivity contribution is -0.0624. The van der Waals surface area contributed by atoms with Crippen molar-refractivity contribution in [2.45, 2.75) is 13.3 Å². The van der Waals surface area contributed by atoms with Crippen LogP contribution in [0.5, 0.6) is 0 Å². The highest BCUT2D eigenvalue weighted by molar-refractivity contribution is 5.08. The van der Waals surface area contributed by atoms with Gasteiger partial charge in [0.05, 0.1) is 13.2 Å². The molecule has 1 saturated heterocycles. The van der Waals surface area contributed by atoms with Gasteiger partial charge in [-0.05, 0) is 24.8 Å². The molecule has 1 aliphatic carbocycles. The quantitative estimate of drug-likeness (QED) is 0.611. The third-order valence-corrected chi connectivity index (χ3v) is 3.09. The standard InChI is InChI=1S/C8H15NO/c1-6(3-9)7-2-8(7)4-10-5-8/h6-7H,2-5,9H2,1H3. The molecule has 0 bridgehead atoms. The molecule has 1 heterocycles. The van der Waals surface area contributed by atoms with Crippen molar-refractivity contribution in [1.29, 1.82) is 0 Å². The maximum atomic E-state index is 5.57. The molecule has 10 heavy (non-hydrogen) atoms. The van der Waals surface area contributed by atoms with Crippen LogP contribution in [0.3, 0.4) is 0 Å². The third kappa shape index (κ3) is 0.722. The van der Waals surface area contributed by atoms with Crippen molar-refractivity contribution < 1.29 is 4.74 Å². The van der Waals surface area contributed by atoms with E-state index >= 15 is 0 Å². The highest BCUT2D eigenvalue weighted by Crippen LogP contribution is 2.60. The van der Waals surface area contributed by atoms with E-state index in [9.17, 15) is 0 Å². The molecule has 2 fully saturated rings. The van der Waals surface area contributed by atoms with Crippen molar-refractivity contribution in [3.63, 3.8) is 0 Å². The van der Waals surface area contributed by atoms with Gasteiger partial charge in [-0.2, -0.15) is 0 Å². The van der Waals surface area contributed by atoms with Crippen LogP contribution in [-0.4, -0.2) is 19.8 Å². The summed E-state index contributed by atoms with van der Waals surface area (Å²) in [4.78, 5) is 0. The van der Waals surface area contributed by atoms with Crippen LogP contribution in [0, 0.1) is 17.3 Å². The predicted molar refractivity (Wildman–Crippen MR) is 39.6 cm³/mol. The summed E-state index contributed by atoms with van der Waals surface area (Å²) < 4.78 is 5.18. The minimum absolute atomic E-state index is 0.610. The molecule has 0 aromatic rings. The molecule has 2 N–H and O–H groups in total. The Kier molecular flexibility index (Phi) is 1.29. The van der Waals surface area contributed by atoms with Gasteiger partial charge < -0.3 is 10.5 Å². The highest BCUT2D eigenvalue weighted by atomic mass is 16.5. The van der Waals surface area contributed by atoms with E-state index in [4.69, 9.17) is 10.5 Å². The first-order chi connectivity index (χ1) is 4.78. The smallest absolute Gasteiger partial charge is 0.0547 e. The van der Waals surface area contributed by atoms with Crippen molar-refractivity contribution in [3.8, 4) is 0 Å². The van der Waals surface area contributed by atoms with Crippen molar-refractivity contribution in [2.75, 3.05) is 19.8 Å². The second-order valence-electron chi connectivity index (χ2n) is 3.88. The molecule has 2 nitrogen and oxygen atoms in total. The Balaban J connectivity index is 1.88. The molecule has 0 radical (unpaired) electrons. The lowest BCUT2D eigenvalue weighted by atomic mass is 9.95. The number of hydrogen-bond donors (Lipinski definition) is 1. The first-order valence-corrected chi connectivity index (χ1v) is 4.06. The van der Waals surface area contributed by atoms with Crippen LogP contribution >= 0.6 is 0 Å². The van der Waals surface area contributed by atoms with Crippen molar-refractivity contribution in [1.82, 2.24) is 0 Å². The molecule has 0 aromatic heterocycles. The number of ether oxygens (including phenoxy) is 1. The van der Waals surface area contributed by atoms with Gasteiger partial charge in [0.2, 0.25) is 0 Å². The molecule has 2 heteroatoms. The van der Waals surface area contributed by atoms with Crippen LogP contribution in [0.25, 0.3) is 0 Å². The van der Waals surface area contributed by atoms with Crippen LogP contribution in [0.4, 0.5) is 0 Å². The normalized spacial score (nSPS) is 37.2. The summed E-state index contributed by atoms with van der Waals surface area (Å²) in [5.41, 5.74) is 6.18. The van der Waals surface area contributed by atoms with E-state index in [1.807, 2.05) is 0 Å². The Morgan fingerprint density at radius 1 is 1.70 bits per heavy atom. The van der Waals surface area contributed by atoms with Crippen LogP contribution in [0.15, 0.2) is 0 Å². The number of nitrogens with two attached hydrogens (primary N) is 1. The summed E-state index contributed by atoms with van der Waals surface area (Å²) in [7, 11) is 0. The SMILES string of the molecule is CC(CN)C1CC12COC2. The fourth-order valence-electron chi connectivity index (χ4n) is 2.04. The van der Waals surface area contributed by atoms with Crippen molar-refractivity contribution in [3.05, 3.63) is 0 Å². The zero-order valence-electron chi connectivity index (χ0n) is 6.47. The molecule has 58 valence electrons. The summed E-state index contributed by atoms with van der Waals surface area (Å²) in [6.07, 6.45) is 1.37. The average molecular weight is 141 g/mol. The Morgan fingerprint density at radius 2 is 2.40 bits per heavy atom. The summed E-state index contributed by atoms with van der Waals surface area (Å²) in [5.74, 6) is 1.59. The molecule has 1 aliphatic heterocycles. The van der Waals surface area contributed by atoms with Gasteiger partial charge in [-0.1, -0.05) is 6.92 Å². The molecule has 0 amide bonds. The summed E-state index contributed by atoms with van der Waals surface area (Å²) >= 11 is 0. The first kappa shape index (κ1) is 6.62. The second-order valence-corrected chi connectivity index (χ2v) is 3.88. The van der Waals surface area contributed by atoms with Gasteiger partial charge in [0.15, 0.2) is 0 Å². The summed E-state index contributed by atoms with van der Waals surface area (Å²) in [6, 6.07) is 0. The van der Waals surface area contributed by atoms with E-state index in [-0.39, 0.29) is 0 Å². The lowest BCUT2D eigenvalue weighted by Gasteiger charge is -2.28. The van der Waals surface area contributed by atoms with Gasteiger partial charge in [0.25, 0.3) is 0 Å². The predicted octanol–water partition coefficient (Wildman–Crippen LogP) is 0.618. The van der Waals surface area contributed by atoms with Gasteiger partial charge in [-0.3, -0.25) is 0 Å². The van der Waals surface area contributed by atoms with Crippen LogP contribution in [0.1, 0.15) is 13.3 Å². The first-order valence-electron chi connectivity index (χ1n) is 4.06. The Labute approximate surface area is 61.7 Å².